The molecule has 1 aromatic heterocycles. The third-order valence-corrected chi connectivity index (χ3v) is 5.81. The van der Waals surface area contributed by atoms with E-state index in [9.17, 15) is 10.1 Å². The summed E-state index contributed by atoms with van der Waals surface area (Å²) in [7, 11) is 3.11. The van der Waals surface area contributed by atoms with Crippen molar-refractivity contribution in [3.05, 3.63) is 58.6 Å². The van der Waals surface area contributed by atoms with Gasteiger partial charge in [0.1, 0.15) is 41.4 Å². The van der Waals surface area contributed by atoms with Gasteiger partial charge in [0.05, 0.1) is 14.2 Å². The Morgan fingerprint density at radius 1 is 1.06 bits per heavy atom. The van der Waals surface area contributed by atoms with Gasteiger partial charge in [0, 0.05) is 12.0 Å². The molecule has 2 aromatic carbocycles. The molecule has 0 aliphatic heterocycles. The van der Waals surface area contributed by atoms with Crippen LogP contribution in [0.15, 0.2) is 48.0 Å². The van der Waals surface area contributed by atoms with Gasteiger partial charge in [0.2, 0.25) is 5.13 Å². The lowest BCUT2D eigenvalue weighted by Gasteiger charge is -2.12. The molecule has 0 aliphatic rings. The highest BCUT2D eigenvalue weighted by Crippen LogP contribution is 2.29. The van der Waals surface area contributed by atoms with E-state index in [0.29, 0.717) is 40.3 Å². The number of amides is 1. The molecule has 3 rings (SSSR count). The molecule has 0 saturated heterocycles. The first-order valence-electron chi connectivity index (χ1n) is 10.8. The van der Waals surface area contributed by atoms with E-state index in [2.05, 4.69) is 15.5 Å². The number of nitriles is 1. The van der Waals surface area contributed by atoms with Crippen LogP contribution in [-0.2, 0) is 4.79 Å². The summed E-state index contributed by atoms with van der Waals surface area (Å²) in [6.45, 7) is 4.58. The third-order valence-electron chi connectivity index (χ3n) is 4.67. The van der Waals surface area contributed by atoms with Crippen molar-refractivity contribution in [2.45, 2.75) is 19.8 Å². The number of ether oxygens (including phenoxy) is 4. The molecule has 0 spiro atoms. The first-order valence-corrected chi connectivity index (χ1v) is 11.6. The summed E-state index contributed by atoms with van der Waals surface area (Å²) in [5, 5.41) is 21.2. The van der Waals surface area contributed by atoms with Gasteiger partial charge >= 0.3 is 0 Å². The maximum Gasteiger partial charge on any atom is 0.268 e. The highest BCUT2D eigenvalue weighted by molar-refractivity contribution is 7.15. The Bertz CT molecular complexity index is 1230. The van der Waals surface area contributed by atoms with Crippen molar-refractivity contribution in [3.8, 4) is 29.1 Å². The zero-order valence-corrected chi connectivity index (χ0v) is 20.7. The SMILES string of the molecule is COc1cccc(OCCOc2ccc(C=C(C#N)C(=O)Nc3nnc(C(C)C)s3)cc2OC)c1. The van der Waals surface area contributed by atoms with E-state index in [4.69, 9.17) is 18.9 Å². The molecule has 182 valence electrons. The number of anilines is 1. The van der Waals surface area contributed by atoms with Gasteiger partial charge in [-0.15, -0.1) is 10.2 Å². The highest BCUT2D eigenvalue weighted by Gasteiger charge is 2.15. The summed E-state index contributed by atoms with van der Waals surface area (Å²) in [6.07, 6.45) is 1.47. The maximum atomic E-state index is 12.5. The summed E-state index contributed by atoms with van der Waals surface area (Å²) >= 11 is 1.28. The van der Waals surface area contributed by atoms with Gasteiger partial charge in [-0.1, -0.05) is 37.3 Å². The van der Waals surface area contributed by atoms with Crippen LogP contribution in [-0.4, -0.2) is 43.5 Å². The van der Waals surface area contributed by atoms with Crippen LogP contribution in [0, 0.1) is 11.3 Å². The summed E-state index contributed by atoms with van der Waals surface area (Å²) in [5.41, 5.74) is 0.530. The molecule has 0 atom stereocenters. The monoisotopic (exact) mass is 494 g/mol. The topological polar surface area (TPSA) is 116 Å². The van der Waals surface area contributed by atoms with E-state index < -0.39 is 5.91 Å². The van der Waals surface area contributed by atoms with Crippen LogP contribution in [0.4, 0.5) is 5.13 Å². The van der Waals surface area contributed by atoms with Crippen molar-refractivity contribution >= 4 is 28.5 Å². The molecular weight excluding hydrogens is 468 g/mol. The van der Waals surface area contributed by atoms with Crippen LogP contribution >= 0.6 is 11.3 Å². The molecule has 10 heteroatoms. The number of carbonyl (C=O) groups excluding carboxylic acids is 1. The Kier molecular flexibility index (Phi) is 9.03. The van der Waals surface area contributed by atoms with E-state index in [-0.39, 0.29) is 18.1 Å². The summed E-state index contributed by atoms with van der Waals surface area (Å²) < 4.78 is 22.1. The Morgan fingerprint density at radius 2 is 1.83 bits per heavy atom. The molecule has 0 saturated carbocycles. The summed E-state index contributed by atoms with van der Waals surface area (Å²) in [4.78, 5) is 12.5. The molecule has 0 fully saturated rings. The van der Waals surface area contributed by atoms with Crippen LogP contribution in [0.25, 0.3) is 6.08 Å². The van der Waals surface area contributed by atoms with Crippen molar-refractivity contribution in [1.29, 1.82) is 5.26 Å². The number of hydrogen-bond donors (Lipinski definition) is 1. The first-order chi connectivity index (χ1) is 16.9. The number of rotatable bonds is 11. The zero-order valence-electron chi connectivity index (χ0n) is 19.9. The number of nitrogens with zero attached hydrogens (tertiary/aromatic N) is 3. The van der Waals surface area contributed by atoms with Gasteiger partial charge in [0.25, 0.3) is 5.91 Å². The van der Waals surface area contributed by atoms with Crippen LogP contribution in [0.2, 0.25) is 0 Å². The second kappa shape index (κ2) is 12.4. The van der Waals surface area contributed by atoms with Crippen molar-refractivity contribution in [1.82, 2.24) is 10.2 Å². The first kappa shape index (κ1) is 25.5. The summed E-state index contributed by atoms with van der Waals surface area (Å²) in [5.74, 6) is 2.00. The second-order valence-corrected chi connectivity index (χ2v) is 8.52. The lowest BCUT2D eigenvalue weighted by atomic mass is 10.1. The number of carbonyl (C=O) groups is 1. The van der Waals surface area contributed by atoms with Crippen molar-refractivity contribution in [2.24, 2.45) is 0 Å². The Labute approximate surface area is 207 Å². The van der Waals surface area contributed by atoms with E-state index in [1.54, 1.807) is 31.4 Å². The van der Waals surface area contributed by atoms with Crippen LogP contribution in [0.5, 0.6) is 23.0 Å². The van der Waals surface area contributed by atoms with Gasteiger partial charge in [-0.25, -0.2) is 0 Å². The predicted molar refractivity (Wildman–Crippen MR) is 133 cm³/mol. The maximum absolute atomic E-state index is 12.5. The smallest absolute Gasteiger partial charge is 0.268 e. The van der Waals surface area contributed by atoms with Gasteiger partial charge in [0.15, 0.2) is 11.5 Å². The second-order valence-electron chi connectivity index (χ2n) is 7.51. The molecule has 0 bridgehead atoms. The lowest BCUT2D eigenvalue weighted by Crippen LogP contribution is -2.13. The van der Waals surface area contributed by atoms with Crippen LogP contribution < -0.4 is 24.3 Å². The molecule has 3 aromatic rings. The predicted octanol–water partition coefficient (Wildman–Crippen LogP) is 4.68. The van der Waals surface area contributed by atoms with Crippen molar-refractivity contribution in [3.63, 3.8) is 0 Å². The number of methoxy groups -OCH3 is 2. The molecular formula is C25H26N4O5S. The Morgan fingerprint density at radius 3 is 2.51 bits per heavy atom. The average molecular weight is 495 g/mol. The molecule has 1 amide bonds. The fraction of sp³-hybridized carbons (Fsp3) is 0.280. The van der Waals surface area contributed by atoms with E-state index in [1.165, 1.54) is 24.5 Å². The molecule has 35 heavy (non-hydrogen) atoms. The van der Waals surface area contributed by atoms with Crippen molar-refractivity contribution < 1.29 is 23.7 Å². The molecule has 1 N–H and O–H groups in total. The number of hydrogen-bond acceptors (Lipinski definition) is 9. The zero-order chi connectivity index (χ0) is 25.2. The molecule has 9 nitrogen and oxygen atoms in total. The number of nitrogens with one attached hydrogen (secondary N) is 1. The highest BCUT2D eigenvalue weighted by atomic mass is 32.1. The third kappa shape index (κ3) is 7.19. The number of benzene rings is 2. The fourth-order valence-corrected chi connectivity index (χ4v) is 3.63. The van der Waals surface area contributed by atoms with E-state index >= 15 is 0 Å². The minimum absolute atomic E-state index is 0.0753. The standard InChI is InChI=1S/C25H26N4O5S/c1-16(2)24-28-29-25(35-24)27-23(30)18(15-26)12-17-8-9-21(22(13-17)32-4)34-11-10-33-20-7-5-6-19(14-20)31-3/h5-9,12-14,16H,10-11H2,1-4H3,(H,27,29,30). The largest absolute Gasteiger partial charge is 0.497 e. The molecule has 0 aliphatic carbocycles. The van der Waals surface area contributed by atoms with Gasteiger partial charge < -0.3 is 18.9 Å². The van der Waals surface area contributed by atoms with Crippen molar-refractivity contribution in [2.75, 3.05) is 32.8 Å². The summed E-state index contributed by atoms with van der Waals surface area (Å²) in [6, 6.07) is 14.4. The minimum Gasteiger partial charge on any atom is -0.497 e. The molecule has 0 radical (unpaired) electrons. The van der Waals surface area contributed by atoms with Crippen LogP contribution in [0.1, 0.15) is 30.3 Å². The van der Waals surface area contributed by atoms with Gasteiger partial charge in [-0.05, 0) is 35.9 Å². The number of aromatic nitrogens is 2. The Hall–Kier alpha value is -4.10. The van der Waals surface area contributed by atoms with E-state index in [0.717, 1.165) is 5.01 Å². The van der Waals surface area contributed by atoms with Crippen LogP contribution in [0.3, 0.4) is 0 Å². The molecule has 1 heterocycles. The minimum atomic E-state index is -0.562. The quantitative estimate of drug-likeness (QED) is 0.232. The average Bonchev–Trinajstić information content (AvgIpc) is 3.34. The normalized spacial score (nSPS) is 11.0. The lowest BCUT2D eigenvalue weighted by molar-refractivity contribution is -0.112. The van der Waals surface area contributed by atoms with E-state index in [1.807, 2.05) is 38.1 Å². The molecule has 0 unspecified atom stereocenters. The Balaban J connectivity index is 1.62. The van der Waals surface area contributed by atoms with Gasteiger partial charge in [-0.2, -0.15) is 5.26 Å². The fourth-order valence-electron chi connectivity index (χ4n) is 2.89. The van der Waals surface area contributed by atoms with Gasteiger partial charge in [-0.3, -0.25) is 10.1 Å².